The number of anilines is 2. The molecule has 1 fully saturated rings. The highest BCUT2D eigenvalue weighted by molar-refractivity contribution is 5.95. The summed E-state index contributed by atoms with van der Waals surface area (Å²) in [6, 6.07) is 16.3. The maximum Gasteiger partial charge on any atom is 0.249 e. The van der Waals surface area contributed by atoms with Gasteiger partial charge in [-0.3, -0.25) is 4.79 Å². The van der Waals surface area contributed by atoms with Crippen LogP contribution in [0.4, 0.5) is 11.4 Å². The molecule has 1 amide bonds. The number of carbonyl (C=O) groups excluding carboxylic acids is 1. The fourth-order valence-electron chi connectivity index (χ4n) is 3.13. The monoisotopic (exact) mass is 309 g/mol. The summed E-state index contributed by atoms with van der Waals surface area (Å²) in [6.45, 7) is 4.96. The van der Waals surface area contributed by atoms with Crippen LogP contribution < -0.4 is 16.0 Å². The first kappa shape index (κ1) is 15.4. The largest absolute Gasteiger partial charge is 0.385 e. The van der Waals surface area contributed by atoms with Crippen molar-refractivity contribution in [3.8, 4) is 0 Å². The highest BCUT2D eigenvalue weighted by atomic mass is 16.1. The predicted molar refractivity (Wildman–Crippen MR) is 94.9 cm³/mol. The first-order valence-corrected chi connectivity index (χ1v) is 8.08. The van der Waals surface area contributed by atoms with E-state index in [1.807, 2.05) is 31.2 Å². The number of carbonyl (C=O) groups is 1. The van der Waals surface area contributed by atoms with Crippen LogP contribution in [0.15, 0.2) is 48.5 Å². The lowest BCUT2D eigenvalue weighted by Crippen LogP contribution is -2.22. The van der Waals surface area contributed by atoms with Crippen LogP contribution in [-0.4, -0.2) is 25.5 Å². The van der Waals surface area contributed by atoms with Crippen LogP contribution in [-0.2, 0) is 0 Å². The Morgan fingerprint density at radius 1 is 1.26 bits per heavy atom. The van der Waals surface area contributed by atoms with Crippen molar-refractivity contribution in [2.75, 3.05) is 29.9 Å². The molecule has 2 aromatic carbocycles. The molecule has 1 aliphatic heterocycles. The third-order valence-electron chi connectivity index (χ3n) is 4.51. The van der Waals surface area contributed by atoms with Gasteiger partial charge in [0.05, 0.1) is 0 Å². The van der Waals surface area contributed by atoms with Gasteiger partial charge in [-0.25, -0.2) is 0 Å². The quantitative estimate of drug-likeness (QED) is 0.892. The van der Waals surface area contributed by atoms with Crippen LogP contribution in [0.25, 0.3) is 0 Å². The topological polar surface area (TPSA) is 58.4 Å². The van der Waals surface area contributed by atoms with Crippen molar-refractivity contribution in [2.24, 2.45) is 11.7 Å². The number of para-hydroxylation sites is 1. The Labute approximate surface area is 137 Å². The maximum atomic E-state index is 11.4. The minimum Gasteiger partial charge on any atom is -0.385 e. The lowest BCUT2D eigenvalue weighted by atomic mass is 10.1. The molecule has 2 aromatic rings. The summed E-state index contributed by atoms with van der Waals surface area (Å²) < 4.78 is 0. The summed E-state index contributed by atoms with van der Waals surface area (Å²) >= 11 is 0. The van der Waals surface area contributed by atoms with E-state index in [9.17, 15) is 4.79 Å². The third-order valence-corrected chi connectivity index (χ3v) is 4.51. The Hall–Kier alpha value is -2.49. The smallest absolute Gasteiger partial charge is 0.249 e. The minimum absolute atomic E-state index is 0.373. The summed E-state index contributed by atoms with van der Waals surface area (Å²) in [5, 5.41) is 3.45. The van der Waals surface area contributed by atoms with Gasteiger partial charge in [0.15, 0.2) is 0 Å². The van der Waals surface area contributed by atoms with E-state index in [0.717, 1.165) is 30.9 Å². The lowest BCUT2D eigenvalue weighted by molar-refractivity contribution is 0.1000. The number of hydrogen-bond acceptors (Lipinski definition) is 3. The molecule has 4 nitrogen and oxygen atoms in total. The second-order valence-electron chi connectivity index (χ2n) is 6.21. The molecular weight excluding hydrogens is 286 g/mol. The second-order valence-corrected chi connectivity index (χ2v) is 6.21. The Balaban J connectivity index is 1.58. The molecule has 4 heteroatoms. The van der Waals surface area contributed by atoms with Crippen molar-refractivity contribution in [3.05, 3.63) is 59.7 Å². The van der Waals surface area contributed by atoms with Gasteiger partial charge in [0, 0.05) is 36.6 Å². The molecule has 1 saturated heterocycles. The molecule has 0 bridgehead atoms. The number of aryl methyl sites for hydroxylation is 1. The van der Waals surface area contributed by atoms with Gasteiger partial charge >= 0.3 is 0 Å². The number of hydrogen-bond donors (Lipinski definition) is 2. The average molecular weight is 309 g/mol. The zero-order valence-corrected chi connectivity index (χ0v) is 13.5. The highest BCUT2D eigenvalue weighted by Crippen LogP contribution is 2.24. The Bertz CT molecular complexity index is 684. The summed E-state index contributed by atoms with van der Waals surface area (Å²) in [7, 11) is 0. The number of primary amides is 1. The zero-order valence-electron chi connectivity index (χ0n) is 13.5. The molecule has 1 unspecified atom stereocenters. The van der Waals surface area contributed by atoms with Crippen LogP contribution >= 0.6 is 0 Å². The molecule has 3 N–H and O–H groups in total. The van der Waals surface area contributed by atoms with Gasteiger partial charge in [-0.2, -0.15) is 0 Å². The van der Waals surface area contributed by atoms with E-state index >= 15 is 0 Å². The Morgan fingerprint density at radius 2 is 2.04 bits per heavy atom. The van der Waals surface area contributed by atoms with E-state index in [2.05, 4.69) is 34.5 Å². The van der Waals surface area contributed by atoms with Crippen molar-refractivity contribution in [2.45, 2.75) is 13.3 Å². The molecule has 1 aliphatic rings. The Kier molecular flexibility index (Phi) is 4.51. The van der Waals surface area contributed by atoms with E-state index in [1.54, 1.807) is 0 Å². The molecule has 1 heterocycles. The average Bonchev–Trinajstić information content (AvgIpc) is 3.03. The van der Waals surface area contributed by atoms with Gasteiger partial charge in [0.25, 0.3) is 0 Å². The zero-order chi connectivity index (χ0) is 16.2. The summed E-state index contributed by atoms with van der Waals surface area (Å²) in [4.78, 5) is 13.8. The van der Waals surface area contributed by atoms with Crippen molar-refractivity contribution >= 4 is 17.3 Å². The number of amides is 1. The number of nitrogens with zero attached hydrogens (tertiary/aromatic N) is 1. The highest BCUT2D eigenvalue weighted by Gasteiger charge is 2.22. The van der Waals surface area contributed by atoms with Crippen molar-refractivity contribution in [1.29, 1.82) is 0 Å². The second kappa shape index (κ2) is 6.73. The lowest BCUT2D eigenvalue weighted by Gasteiger charge is -2.19. The first-order valence-electron chi connectivity index (χ1n) is 8.08. The number of nitrogens with two attached hydrogens (primary N) is 1. The fraction of sp³-hybridized carbons (Fsp3) is 0.316. The maximum absolute atomic E-state index is 11.4. The first-order chi connectivity index (χ1) is 11.1. The molecule has 0 spiro atoms. The van der Waals surface area contributed by atoms with Gasteiger partial charge < -0.3 is 16.0 Å². The molecule has 0 aromatic heterocycles. The summed E-state index contributed by atoms with van der Waals surface area (Å²) in [5.74, 6) is 0.232. The SMILES string of the molecule is Cc1ccc(NCC2CCN(c3ccccc3)C2)cc1C(N)=O. The third kappa shape index (κ3) is 3.65. The van der Waals surface area contributed by atoms with Crippen molar-refractivity contribution in [1.82, 2.24) is 0 Å². The van der Waals surface area contributed by atoms with Gasteiger partial charge in [0.1, 0.15) is 0 Å². The fourth-order valence-corrected chi connectivity index (χ4v) is 3.13. The molecule has 0 aliphatic carbocycles. The summed E-state index contributed by atoms with van der Waals surface area (Å²) in [5.41, 5.74) is 9.17. The van der Waals surface area contributed by atoms with Gasteiger partial charge in [0.2, 0.25) is 5.91 Å². The number of rotatable bonds is 5. The van der Waals surface area contributed by atoms with E-state index in [4.69, 9.17) is 5.73 Å². The molecule has 0 radical (unpaired) electrons. The van der Waals surface area contributed by atoms with E-state index in [0.29, 0.717) is 11.5 Å². The van der Waals surface area contributed by atoms with Crippen LogP contribution in [0.3, 0.4) is 0 Å². The number of nitrogens with one attached hydrogen (secondary N) is 1. The molecule has 120 valence electrons. The number of benzene rings is 2. The van der Waals surface area contributed by atoms with Gasteiger partial charge in [-0.05, 0) is 49.1 Å². The standard InChI is InChI=1S/C19H23N3O/c1-14-7-8-16(11-18(14)19(20)23)21-12-15-9-10-22(13-15)17-5-3-2-4-6-17/h2-8,11,15,21H,9-10,12-13H2,1H3,(H2,20,23). The van der Waals surface area contributed by atoms with Gasteiger partial charge in [-0.1, -0.05) is 24.3 Å². The normalized spacial score (nSPS) is 17.3. The minimum atomic E-state index is -0.373. The van der Waals surface area contributed by atoms with Crippen LogP contribution in [0, 0.1) is 12.8 Å². The molecule has 23 heavy (non-hydrogen) atoms. The van der Waals surface area contributed by atoms with Crippen LogP contribution in [0.5, 0.6) is 0 Å². The molecular formula is C19H23N3O. The van der Waals surface area contributed by atoms with Crippen molar-refractivity contribution < 1.29 is 4.79 Å². The van der Waals surface area contributed by atoms with E-state index < -0.39 is 0 Å². The predicted octanol–water partition coefficient (Wildman–Crippen LogP) is 3.03. The molecule has 3 rings (SSSR count). The van der Waals surface area contributed by atoms with E-state index in [-0.39, 0.29) is 5.91 Å². The Morgan fingerprint density at radius 3 is 2.78 bits per heavy atom. The molecule has 0 saturated carbocycles. The van der Waals surface area contributed by atoms with Crippen LogP contribution in [0.1, 0.15) is 22.3 Å². The van der Waals surface area contributed by atoms with Crippen molar-refractivity contribution in [3.63, 3.8) is 0 Å². The molecule has 1 atom stereocenters. The van der Waals surface area contributed by atoms with E-state index in [1.165, 1.54) is 12.1 Å². The van der Waals surface area contributed by atoms with Gasteiger partial charge in [-0.15, -0.1) is 0 Å². The summed E-state index contributed by atoms with van der Waals surface area (Å²) in [6.07, 6.45) is 1.18. The van der Waals surface area contributed by atoms with Crippen LogP contribution in [0.2, 0.25) is 0 Å².